The van der Waals surface area contributed by atoms with E-state index in [0.29, 0.717) is 11.0 Å². The van der Waals surface area contributed by atoms with E-state index in [-0.39, 0.29) is 58.1 Å². The molecule has 2 aromatic rings. The Bertz CT molecular complexity index is 656. The first-order valence-corrected chi connectivity index (χ1v) is 6.08. The average Bonchev–Trinajstić information content (AvgIpc) is 2.57. The molecule has 20 heavy (non-hydrogen) atoms. The van der Waals surface area contributed by atoms with E-state index in [0.717, 1.165) is 18.9 Å². The Morgan fingerprint density at radius 2 is 2.05 bits per heavy atom. The second-order valence-corrected chi connectivity index (χ2v) is 5.70. The molecule has 1 fully saturated rings. The summed E-state index contributed by atoms with van der Waals surface area (Å²) in [6, 6.07) is 0. The van der Waals surface area contributed by atoms with Crippen molar-refractivity contribution in [2.75, 3.05) is 13.1 Å². The predicted octanol–water partition coefficient (Wildman–Crippen LogP) is 0.962. The summed E-state index contributed by atoms with van der Waals surface area (Å²) in [5.41, 5.74) is 0.356. The fourth-order valence-corrected chi connectivity index (χ4v) is 2.05. The Balaban J connectivity index is 0.000001000. The zero-order chi connectivity index (χ0) is 12.9. The second kappa shape index (κ2) is 6.08. The summed E-state index contributed by atoms with van der Waals surface area (Å²) in [6.07, 6.45) is 1.58. The van der Waals surface area contributed by atoms with Crippen LogP contribution in [0.25, 0.3) is 16.4 Å². The maximum atomic E-state index is 12.0. The number of aromatic amines is 1. The second-order valence-electron chi connectivity index (χ2n) is 5.70. The number of hydrogen-bond acceptors (Lipinski definition) is 3. The number of fused-ring (bicyclic) bond motifs is 1. The SMILES string of the molecule is CC(C)(C)n1ncc2c(=O)[nH]c(C3C[N-]C3)nc21.[B].[Y]. The van der Waals surface area contributed by atoms with Crippen LogP contribution in [0.2, 0.25) is 0 Å². The molecule has 1 aliphatic rings. The zero-order valence-corrected chi connectivity index (χ0v) is 14.8. The molecular formula is C12H16BN5OY-. The third-order valence-electron chi connectivity index (χ3n) is 3.18. The molecule has 0 atom stereocenters. The number of H-pyrrole nitrogens is 1. The summed E-state index contributed by atoms with van der Waals surface area (Å²) < 4.78 is 1.80. The van der Waals surface area contributed by atoms with Crippen LogP contribution in [0.4, 0.5) is 0 Å². The summed E-state index contributed by atoms with van der Waals surface area (Å²) in [5, 5.41) is 8.99. The molecule has 0 aliphatic carbocycles. The molecule has 0 aromatic carbocycles. The smallest absolute Gasteiger partial charge is 0.262 e. The third kappa shape index (κ3) is 2.90. The van der Waals surface area contributed by atoms with E-state index in [9.17, 15) is 4.79 Å². The van der Waals surface area contributed by atoms with Gasteiger partial charge in [-0.05, 0) is 26.7 Å². The fourth-order valence-electron chi connectivity index (χ4n) is 2.05. The van der Waals surface area contributed by atoms with Crippen LogP contribution in [0, 0.1) is 0 Å². The Labute approximate surface area is 144 Å². The van der Waals surface area contributed by atoms with Gasteiger partial charge in [-0.1, -0.05) is 0 Å². The summed E-state index contributed by atoms with van der Waals surface area (Å²) >= 11 is 0. The van der Waals surface area contributed by atoms with Crippen LogP contribution in [-0.2, 0) is 38.2 Å². The van der Waals surface area contributed by atoms with E-state index in [1.165, 1.54) is 0 Å². The van der Waals surface area contributed by atoms with Crippen molar-refractivity contribution in [1.29, 1.82) is 0 Å². The first-order chi connectivity index (χ1) is 8.47. The van der Waals surface area contributed by atoms with Crippen LogP contribution in [0.3, 0.4) is 0 Å². The molecule has 6 nitrogen and oxygen atoms in total. The minimum absolute atomic E-state index is 0. The third-order valence-corrected chi connectivity index (χ3v) is 3.18. The van der Waals surface area contributed by atoms with Gasteiger partial charge in [0.25, 0.3) is 5.56 Å². The van der Waals surface area contributed by atoms with Gasteiger partial charge in [0.15, 0.2) is 5.65 Å². The molecule has 0 spiro atoms. The number of aromatic nitrogens is 4. The van der Waals surface area contributed by atoms with Crippen LogP contribution in [0.1, 0.15) is 32.5 Å². The van der Waals surface area contributed by atoms with Crippen molar-refractivity contribution in [3.8, 4) is 0 Å². The van der Waals surface area contributed by atoms with Crippen LogP contribution < -0.4 is 5.56 Å². The molecule has 8 heteroatoms. The minimum atomic E-state index is -0.191. The molecule has 0 unspecified atom stereocenters. The number of rotatable bonds is 1. The van der Waals surface area contributed by atoms with Gasteiger partial charge in [-0.2, -0.15) is 5.10 Å². The first-order valence-electron chi connectivity index (χ1n) is 6.08. The molecule has 1 N–H and O–H groups in total. The van der Waals surface area contributed by atoms with E-state index in [2.05, 4.69) is 20.4 Å². The Morgan fingerprint density at radius 1 is 1.40 bits per heavy atom. The Kier molecular flexibility index (Phi) is 5.33. The monoisotopic (exact) mass is 346 g/mol. The summed E-state index contributed by atoms with van der Waals surface area (Å²) in [5.74, 6) is 0.985. The van der Waals surface area contributed by atoms with Gasteiger partial charge in [-0.15, -0.1) is 13.1 Å². The molecule has 102 valence electrons. The molecule has 1 aliphatic heterocycles. The van der Waals surface area contributed by atoms with E-state index in [4.69, 9.17) is 0 Å². The van der Waals surface area contributed by atoms with Crippen LogP contribution in [-0.4, -0.2) is 41.3 Å². The van der Waals surface area contributed by atoms with Gasteiger partial charge in [0.1, 0.15) is 11.2 Å². The largest absolute Gasteiger partial charge is 0.661 e. The Morgan fingerprint density at radius 3 is 2.55 bits per heavy atom. The zero-order valence-electron chi connectivity index (χ0n) is 11.9. The number of nitrogens with one attached hydrogen (secondary N) is 1. The topological polar surface area (TPSA) is 77.7 Å². The molecule has 2 aromatic heterocycles. The summed E-state index contributed by atoms with van der Waals surface area (Å²) in [4.78, 5) is 19.4. The molecule has 4 radical (unpaired) electrons. The molecule has 0 bridgehead atoms. The van der Waals surface area contributed by atoms with Gasteiger partial charge in [-0.3, -0.25) is 4.79 Å². The molecule has 0 saturated carbocycles. The quantitative estimate of drug-likeness (QED) is 0.782. The standard InChI is InChI=1S/C12H16N5O.B.Y/c1-12(2,3)17-10-8(6-14-17)11(18)16-9(15-10)7-4-13-5-7;;/h6-7H,4-5H2,1-3H3,(H,15,16,18);;/q-1;;. The van der Waals surface area contributed by atoms with E-state index in [1.54, 1.807) is 10.9 Å². The van der Waals surface area contributed by atoms with Gasteiger partial charge >= 0.3 is 0 Å². The molecule has 3 rings (SSSR count). The van der Waals surface area contributed by atoms with Crippen molar-refractivity contribution in [2.24, 2.45) is 0 Å². The Hall–Kier alpha value is -0.521. The van der Waals surface area contributed by atoms with Crippen molar-refractivity contribution in [3.05, 3.63) is 27.7 Å². The van der Waals surface area contributed by atoms with Crippen LogP contribution >= 0.6 is 0 Å². The molecule has 3 heterocycles. The normalized spacial score (nSPS) is 15.3. The summed E-state index contributed by atoms with van der Waals surface area (Å²) in [7, 11) is 0. The van der Waals surface area contributed by atoms with Gasteiger partial charge in [0.2, 0.25) is 0 Å². The van der Waals surface area contributed by atoms with Gasteiger partial charge < -0.3 is 10.3 Å². The van der Waals surface area contributed by atoms with Crippen LogP contribution in [0.15, 0.2) is 11.0 Å². The van der Waals surface area contributed by atoms with Crippen molar-refractivity contribution in [3.63, 3.8) is 0 Å². The van der Waals surface area contributed by atoms with Crippen LogP contribution in [0.5, 0.6) is 0 Å². The number of nitrogens with zero attached hydrogens (tertiary/aromatic N) is 4. The average molecular weight is 346 g/mol. The fraction of sp³-hybridized carbons (Fsp3) is 0.583. The van der Waals surface area contributed by atoms with Crippen molar-refractivity contribution in [1.82, 2.24) is 19.7 Å². The van der Waals surface area contributed by atoms with Gasteiger partial charge in [0, 0.05) is 41.1 Å². The first kappa shape index (κ1) is 17.5. The van der Waals surface area contributed by atoms with Crippen molar-refractivity contribution in [2.45, 2.75) is 32.2 Å². The van der Waals surface area contributed by atoms with Gasteiger partial charge in [-0.25, -0.2) is 9.67 Å². The molecule has 0 amide bonds. The maximum absolute atomic E-state index is 12.0. The molecular weight excluding hydrogens is 330 g/mol. The van der Waals surface area contributed by atoms with E-state index < -0.39 is 0 Å². The minimum Gasteiger partial charge on any atom is -0.661 e. The number of hydrogen-bond donors (Lipinski definition) is 1. The van der Waals surface area contributed by atoms with Crippen molar-refractivity contribution < 1.29 is 32.7 Å². The summed E-state index contributed by atoms with van der Waals surface area (Å²) in [6.45, 7) is 7.62. The van der Waals surface area contributed by atoms with Gasteiger partial charge in [0.05, 0.1) is 11.7 Å². The molecule has 1 saturated heterocycles. The van der Waals surface area contributed by atoms with Crippen molar-refractivity contribution >= 4 is 19.4 Å². The predicted molar refractivity (Wildman–Crippen MR) is 74.7 cm³/mol. The van der Waals surface area contributed by atoms with E-state index >= 15 is 0 Å². The maximum Gasteiger partial charge on any atom is 0.262 e. The van der Waals surface area contributed by atoms with E-state index in [1.807, 2.05) is 20.8 Å².